The lowest BCUT2D eigenvalue weighted by Crippen LogP contribution is -2.26. The van der Waals surface area contributed by atoms with Crippen LogP contribution in [0.4, 0.5) is 17.5 Å². The van der Waals surface area contributed by atoms with Gasteiger partial charge in [0.05, 0.1) is 26.9 Å². The Balaban J connectivity index is 1.60. The van der Waals surface area contributed by atoms with Crippen LogP contribution in [-0.4, -0.2) is 51.1 Å². The van der Waals surface area contributed by atoms with Crippen molar-refractivity contribution >= 4 is 53.4 Å². The fourth-order valence-corrected chi connectivity index (χ4v) is 4.96. The monoisotopic (exact) mass is 598 g/mol. The van der Waals surface area contributed by atoms with Crippen molar-refractivity contribution in [3.05, 3.63) is 64.8 Å². The maximum Gasteiger partial charge on any atom is 0.240 e. The molecule has 3 rings (SSSR count). The van der Waals surface area contributed by atoms with E-state index in [1.54, 1.807) is 30.5 Å². The molecule has 6 N–H and O–H groups in total. The standard InChI is InChI=1S/C22H27BrN6O5S2/c1-2-16(14-30)27-21-20(23)13-25-22(29-21)28-17-5-9-19(10-6-17)36(33,34)26-12-11-15-3-7-18(8-4-15)35(24,31)32/h3-10,13,16,26,30H,2,11-12,14H2,1H3,(H2,24,31,32)(H2,25,27,28,29)/t16-/m1/s1. The second kappa shape index (κ2) is 12.1. The summed E-state index contributed by atoms with van der Waals surface area (Å²) in [6.07, 6.45) is 2.66. The highest BCUT2D eigenvalue weighted by molar-refractivity contribution is 9.10. The minimum atomic E-state index is -3.77. The van der Waals surface area contributed by atoms with Crippen LogP contribution in [0.25, 0.3) is 0 Å². The van der Waals surface area contributed by atoms with Gasteiger partial charge in [0, 0.05) is 18.4 Å². The Bertz CT molecular complexity index is 1380. The minimum Gasteiger partial charge on any atom is -0.394 e. The Hall–Kier alpha value is -2.62. The van der Waals surface area contributed by atoms with Crippen molar-refractivity contribution in [1.82, 2.24) is 14.7 Å². The third-order valence-electron chi connectivity index (χ3n) is 5.18. The second-order valence-electron chi connectivity index (χ2n) is 7.81. The van der Waals surface area contributed by atoms with Gasteiger partial charge in [0.2, 0.25) is 26.0 Å². The Labute approximate surface area is 218 Å². The van der Waals surface area contributed by atoms with E-state index in [0.29, 0.717) is 34.8 Å². The Morgan fingerprint density at radius 1 is 1.03 bits per heavy atom. The number of nitrogens with zero attached hydrogens (tertiary/aromatic N) is 2. The van der Waals surface area contributed by atoms with E-state index in [2.05, 4.69) is 41.3 Å². The van der Waals surface area contributed by atoms with Crippen LogP contribution in [0.2, 0.25) is 0 Å². The van der Waals surface area contributed by atoms with E-state index < -0.39 is 20.0 Å². The van der Waals surface area contributed by atoms with Gasteiger partial charge < -0.3 is 15.7 Å². The number of aliphatic hydroxyl groups excluding tert-OH is 1. The van der Waals surface area contributed by atoms with Gasteiger partial charge in [-0.3, -0.25) is 0 Å². The van der Waals surface area contributed by atoms with E-state index in [9.17, 15) is 21.9 Å². The number of nitrogens with one attached hydrogen (secondary N) is 3. The average molecular weight is 600 g/mol. The zero-order valence-electron chi connectivity index (χ0n) is 19.3. The van der Waals surface area contributed by atoms with Crippen LogP contribution in [0, 0.1) is 0 Å². The third kappa shape index (κ3) is 7.69. The number of aromatic nitrogens is 2. The first kappa shape index (κ1) is 28.0. The molecule has 0 saturated carbocycles. The van der Waals surface area contributed by atoms with Gasteiger partial charge >= 0.3 is 0 Å². The summed E-state index contributed by atoms with van der Waals surface area (Å²) < 4.78 is 51.1. The van der Waals surface area contributed by atoms with Crippen LogP contribution >= 0.6 is 15.9 Å². The normalized spacial score (nSPS) is 12.8. The van der Waals surface area contributed by atoms with Crippen LogP contribution in [0.1, 0.15) is 18.9 Å². The average Bonchev–Trinajstić information content (AvgIpc) is 2.84. The quantitative estimate of drug-likeness (QED) is 0.209. The number of rotatable bonds is 12. The topological polar surface area (TPSA) is 176 Å². The molecule has 0 aliphatic heterocycles. The summed E-state index contributed by atoms with van der Waals surface area (Å²) in [6, 6.07) is 11.9. The molecule has 36 heavy (non-hydrogen) atoms. The molecule has 0 spiro atoms. The molecule has 0 saturated heterocycles. The van der Waals surface area contributed by atoms with Crippen molar-refractivity contribution in [3.63, 3.8) is 0 Å². The van der Waals surface area contributed by atoms with Gasteiger partial charge in [-0.1, -0.05) is 19.1 Å². The van der Waals surface area contributed by atoms with Gasteiger partial charge in [0.15, 0.2) is 0 Å². The highest BCUT2D eigenvalue weighted by Gasteiger charge is 2.15. The largest absolute Gasteiger partial charge is 0.394 e. The SMILES string of the molecule is CC[C@H](CO)Nc1nc(Nc2ccc(S(=O)(=O)NCCc3ccc(S(N)(=O)=O)cc3)cc2)ncc1Br. The Morgan fingerprint density at radius 3 is 2.25 bits per heavy atom. The molecule has 0 aliphatic carbocycles. The molecular weight excluding hydrogens is 572 g/mol. The lowest BCUT2D eigenvalue weighted by Gasteiger charge is -2.16. The molecule has 11 nitrogen and oxygen atoms in total. The summed E-state index contributed by atoms with van der Waals surface area (Å²) >= 11 is 3.38. The number of anilines is 3. The lowest BCUT2D eigenvalue weighted by molar-refractivity contribution is 0.271. The highest BCUT2D eigenvalue weighted by Crippen LogP contribution is 2.23. The first-order chi connectivity index (χ1) is 17.0. The maximum atomic E-state index is 12.6. The van der Waals surface area contributed by atoms with E-state index in [-0.39, 0.29) is 29.0 Å². The minimum absolute atomic E-state index is 0.00290. The molecule has 0 unspecified atom stereocenters. The predicted molar refractivity (Wildman–Crippen MR) is 141 cm³/mol. The molecule has 2 aromatic carbocycles. The van der Waals surface area contributed by atoms with Crippen molar-refractivity contribution < 1.29 is 21.9 Å². The molecule has 194 valence electrons. The van der Waals surface area contributed by atoms with E-state index in [0.717, 1.165) is 5.56 Å². The second-order valence-corrected chi connectivity index (χ2v) is 12.0. The summed E-state index contributed by atoms with van der Waals surface area (Å²) in [5.41, 5.74) is 1.35. The first-order valence-electron chi connectivity index (χ1n) is 10.9. The Morgan fingerprint density at radius 2 is 1.67 bits per heavy atom. The zero-order chi connectivity index (χ0) is 26.3. The molecule has 0 aliphatic rings. The van der Waals surface area contributed by atoms with Gasteiger partial charge in [-0.05, 0) is 70.7 Å². The van der Waals surface area contributed by atoms with Crippen LogP contribution in [0.3, 0.4) is 0 Å². The number of halogens is 1. The van der Waals surface area contributed by atoms with Gasteiger partial charge in [-0.15, -0.1) is 0 Å². The van der Waals surface area contributed by atoms with Gasteiger partial charge in [0.1, 0.15) is 5.82 Å². The number of nitrogens with two attached hydrogens (primary N) is 1. The number of hydrogen-bond donors (Lipinski definition) is 5. The van der Waals surface area contributed by atoms with E-state index in [1.165, 1.54) is 24.3 Å². The molecule has 1 aromatic heterocycles. The summed E-state index contributed by atoms with van der Waals surface area (Å²) in [4.78, 5) is 8.70. The van der Waals surface area contributed by atoms with Crippen LogP contribution < -0.4 is 20.5 Å². The summed E-state index contributed by atoms with van der Waals surface area (Å²) in [5, 5.41) is 20.6. The van der Waals surface area contributed by atoms with Gasteiger partial charge in [0.25, 0.3) is 0 Å². The Kier molecular flexibility index (Phi) is 9.38. The van der Waals surface area contributed by atoms with Crippen LogP contribution in [-0.2, 0) is 26.5 Å². The zero-order valence-corrected chi connectivity index (χ0v) is 22.6. The smallest absolute Gasteiger partial charge is 0.240 e. The van der Waals surface area contributed by atoms with Crippen molar-refractivity contribution in [2.45, 2.75) is 35.6 Å². The third-order valence-corrected chi connectivity index (χ3v) is 8.16. The van der Waals surface area contributed by atoms with E-state index in [1.807, 2.05) is 6.92 Å². The fraction of sp³-hybridized carbons (Fsp3) is 0.273. The van der Waals surface area contributed by atoms with Gasteiger partial charge in [-0.2, -0.15) is 4.98 Å². The molecule has 1 atom stereocenters. The first-order valence-corrected chi connectivity index (χ1v) is 14.7. The number of benzene rings is 2. The number of aliphatic hydroxyl groups is 1. The molecule has 0 amide bonds. The molecule has 14 heteroatoms. The van der Waals surface area contributed by atoms with Crippen LogP contribution in [0.15, 0.2) is 69.0 Å². The number of hydrogen-bond acceptors (Lipinski definition) is 9. The molecule has 0 fully saturated rings. The summed E-state index contributed by atoms with van der Waals surface area (Å²) in [5.74, 6) is 0.826. The maximum absolute atomic E-state index is 12.6. The van der Waals surface area contributed by atoms with Crippen molar-refractivity contribution in [3.8, 4) is 0 Å². The molecular formula is C22H27BrN6O5S2. The van der Waals surface area contributed by atoms with Crippen molar-refractivity contribution in [2.24, 2.45) is 5.14 Å². The number of primary sulfonamides is 1. The van der Waals surface area contributed by atoms with Crippen LogP contribution in [0.5, 0.6) is 0 Å². The lowest BCUT2D eigenvalue weighted by atomic mass is 10.2. The summed E-state index contributed by atoms with van der Waals surface area (Å²) in [7, 11) is -7.52. The van der Waals surface area contributed by atoms with E-state index >= 15 is 0 Å². The molecule has 1 heterocycles. The fourth-order valence-electron chi connectivity index (χ4n) is 3.10. The van der Waals surface area contributed by atoms with Crippen molar-refractivity contribution in [1.29, 1.82) is 0 Å². The predicted octanol–water partition coefficient (Wildman–Crippen LogP) is 2.33. The van der Waals surface area contributed by atoms with Gasteiger partial charge in [-0.25, -0.2) is 31.7 Å². The molecule has 0 bridgehead atoms. The molecule has 0 radical (unpaired) electrons. The summed E-state index contributed by atoms with van der Waals surface area (Å²) in [6.45, 7) is 2.04. The van der Waals surface area contributed by atoms with E-state index in [4.69, 9.17) is 5.14 Å². The van der Waals surface area contributed by atoms with Crippen molar-refractivity contribution in [2.75, 3.05) is 23.8 Å². The number of sulfonamides is 2. The molecule has 3 aromatic rings. The highest BCUT2D eigenvalue weighted by atomic mass is 79.9.